The molecule has 1 amide bonds. The predicted octanol–water partition coefficient (Wildman–Crippen LogP) is 2.81. The first kappa shape index (κ1) is 18.2. The molecule has 1 aromatic rings. The Hall–Kier alpha value is -1.60. The van der Waals surface area contributed by atoms with Gasteiger partial charge in [-0.05, 0) is 36.5 Å². The third-order valence-electron chi connectivity index (χ3n) is 5.27. The molecule has 0 bridgehead atoms. The molecule has 6 nitrogen and oxygen atoms in total. The van der Waals surface area contributed by atoms with Gasteiger partial charge >= 0.3 is 6.09 Å². The van der Waals surface area contributed by atoms with Crippen LogP contribution in [-0.4, -0.2) is 57.0 Å². The molecule has 1 aliphatic carbocycles. The quantitative estimate of drug-likeness (QED) is 0.825. The molecule has 1 aliphatic heterocycles. The van der Waals surface area contributed by atoms with E-state index in [1.807, 2.05) is 12.1 Å². The Kier molecular flexibility index (Phi) is 5.64. The highest BCUT2D eigenvalue weighted by Gasteiger charge is 2.30. The Balaban J connectivity index is 1.67. The molecule has 0 unspecified atom stereocenters. The Morgan fingerprint density at radius 3 is 2.16 bits per heavy atom. The summed E-state index contributed by atoms with van der Waals surface area (Å²) in [5, 5.41) is 0. The Morgan fingerprint density at radius 2 is 1.60 bits per heavy atom. The third-order valence-corrected chi connectivity index (χ3v) is 7.18. The lowest BCUT2D eigenvalue weighted by Gasteiger charge is -2.33. The molecule has 0 atom stereocenters. The van der Waals surface area contributed by atoms with Gasteiger partial charge in [-0.2, -0.15) is 4.31 Å². The summed E-state index contributed by atoms with van der Waals surface area (Å²) in [5.41, 5.74) is 1.24. The van der Waals surface area contributed by atoms with E-state index in [-0.39, 0.29) is 0 Å². The molecule has 0 spiro atoms. The molecule has 2 aliphatic rings. The van der Waals surface area contributed by atoms with Gasteiger partial charge in [0.05, 0.1) is 12.0 Å². The van der Waals surface area contributed by atoms with Crippen molar-refractivity contribution in [3.05, 3.63) is 29.8 Å². The van der Waals surface area contributed by atoms with Gasteiger partial charge in [0.2, 0.25) is 10.0 Å². The molecule has 0 aromatic heterocycles. The molecule has 7 heteroatoms. The van der Waals surface area contributed by atoms with Gasteiger partial charge in [-0.1, -0.05) is 31.4 Å². The molecule has 1 saturated heterocycles. The highest BCUT2D eigenvalue weighted by atomic mass is 32.2. The van der Waals surface area contributed by atoms with Crippen molar-refractivity contribution in [1.29, 1.82) is 0 Å². The number of ether oxygens (including phenoxy) is 1. The van der Waals surface area contributed by atoms with Crippen LogP contribution >= 0.6 is 0 Å². The molecule has 1 aromatic carbocycles. The van der Waals surface area contributed by atoms with E-state index in [2.05, 4.69) is 4.74 Å². The maximum absolute atomic E-state index is 12.8. The van der Waals surface area contributed by atoms with Crippen molar-refractivity contribution >= 4 is 16.1 Å². The van der Waals surface area contributed by atoms with Crippen molar-refractivity contribution in [1.82, 2.24) is 9.21 Å². The third kappa shape index (κ3) is 3.98. The lowest BCUT2D eigenvalue weighted by molar-refractivity contribution is 0.108. The van der Waals surface area contributed by atoms with Crippen molar-refractivity contribution in [2.75, 3.05) is 33.3 Å². The Morgan fingerprint density at radius 1 is 1.00 bits per heavy atom. The lowest BCUT2D eigenvalue weighted by atomic mass is 9.84. The molecule has 3 rings (SSSR count). The maximum atomic E-state index is 12.8. The zero-order valence-electron chi connectivity index (χ0n) is 14.7. The maximum Gasteiger partial charge on any atom is 0.409 e. The summed E-state index contributed by atoms with van der Waals surface area (Å²) in [4.78, 5) is 13.4. The Bertz CT molecular complexity index is 688. The number of methoxy groups -OCH3 is 1. The van der Waals surface area contributed by atoms with Gasteiger partial charge in [0.15, 0.2) is 0 Å². The molecule has 2 fully saturated rings. The van der Waals surface area contributed by atoms with Gasteiger partial charge in [0.1, 0.15) is 0 Å². The second-order valence-electron chi connectivity index (χ2n) is 6.77. The number of nitrogens with zero attached hydrogens (tertiary/aromatic N) is 2. The van der Waals surface area contributed by atoms with E-state index >= 15 is 0 Å². The number of sulfonamides is 1. The minimum Gasteiger partial charge on any atom is -0.453 e. The standard InChI is InChI=1S/C18H26N2O4S/c1-24-18(21)19-11-13-20(14-12-19)25(22,23)17-9-7-16(8-10-17)15-5-3-2-4-6-15/h7-10,15H,2-6,11-14H2,1H3. The summed E-state index contributed by atoms with van der Waals surface area (Å²) in [6, 6.07) is 7.39. The molecular weight excluding hydrogens is 340 g/mol. The summed E-state index contributed by atoms with van der Waals surface area (Å²) in [7, 11) is -2.18. The van der Waals surface area contributed by atoms with Crippen LogP contribution in [0.4, 0.5) is 4.79 Å². The van der Waals surface area contributed by atoms with Gasteiger partial charge in [0, 0.05) is 26.2 Å². The molecular formula is C18H26N2O4S. The zero-order chi connectivity index (χ0) is 17.9. The number of carbonyl (C=O) groups excluding carboxylic acids is 1. The summed E-state index contributed by atoms with van der Waals surface area (Å²) in [6.07, 6.45) is 5.81. The van der Waals surface area contributed by atoms with Gasteiger partial charge in [-0.3, -0.25) is 0 Å². The fraction of sp³-hybridized carbons (Fsp3) is 0.611. The van der Waals surface area contributed by atoms with Crippen LogP contribution in [0, 0.1) is 0 Å². The van der Waals surface area contributed by atoms with Gasteiger partial charge in [0.25, 0.3) is 0 Å². The second-order valence-corrected chi connectivity index (χ2v) is 8.70. The Labute approximate surface area is 149 Å². The average Bonchev–Trinajstić information content (AvgIpc) is 2.68. The van der Waals surface area contributed by atoms with Crippen LogP contribution in [0.25, 0.3) is 0 Å². The predicted molar refractivity (Wildman–Crippen MR) is 95.0 cm³/mol. The first-order chi connectivity index (χ1) is 12.0. The molecule has 1 heterocycles. The summed E-state index contributed by atoms with van der Waals surface area (Å²) in [5.74, 6) is 0.564. The van der Waals surface area contributed by atoms with E-state index in [9.17, 15) is 13.2 Å². The van der Waals surface area contributed by atoms with Crippen molar-refractivity contribution in [2.24, 2.45) is 0 Å². The minimum absolute atomic E-state index is 0.293. The van der Waals surface area contributed by atoms with Gasteiger partial charge in [-0.25, -0.2) is 13.2 Å². The van der Waals surface area contributed by atoms with E-state index in [1.54, 1.807) is 12.1 Å². The average molecular weight is 366 g/mol. The van der Waals surface area contributed by atoms with E-state index in [4.69, 9.17) is 0 Å². The van der Waals surface area contributed by atoms with Crippen molar-refractivity contribution < 1.29 is 17.9 Å². The second kappa shape index (κ2) is 7.74. The van der Waals surface area contributed by atoms with Crippen molar-refractivity contribution in [3.63, 3.8) is 0 Å². The number of hydrogen-bond acceptors (Lipinski definition) is 4. The van der Waals surface area contributed by atoms with E-state index in [1.165, 1.54) is 54.0 Å². The van der Waals surface area contributed by atoms with E-state index in [0.29, 0.717) is 37.0 Å². The number of hydrogen-bond donors (Lipinski definition) is 0. The first-order valence-electron chi connectivity index (χ1n) is 8.95. The molecule has 1 saturated carbocycles. The van der Waals surface area contributed by atoms with E-state index in [0.717, 1.165) is 0 Å². The summed E-state index contributed by atoms with van der Waals surface area (Å²) < 4.78 is 31.8. The van der Waals surface area contributed by atoms with Crippen LogP contribution in [0.15, 0.2) is 29.2 Å². The van der Waals surface area contributed by atoms with Crippen LogP contribution < -0.4 is 0 Å². The van der Waals surface area contributed by atoms with Gasteiger partial charge in [-0.15, -0.1) is 0 Å². The van der Waals surface area contributed by atoms with Crippen LogP contribution in [0.5, 0.6) is 0 Å². The first-order valence-corrected chi connectivity index (χ1v) is 10.4. The van der Waals surface area contributed by atoms with Gasteiger partial charge < -0.3 is 9.64 Å². The topological polar surface area (TPSA) is 66.9 Å². The number of benzene rings is 1. The molecule has 25 heavy (non-hydrogen) atoms. The van der Waals surface area contributed by atoms with Crippen LogP contribution in [0.3, 0.4) is 0 Å². The van der Waals surface area contributed by atoms with E-state index < -0.39 is 16.1 Å². The molecule has 0 radical (unpaired) electrons. The largest absolute Gasteiger partial charge is 0.453 e. The fourth-order valence-corrected chi connectivity index (χ4v) is 5.16. The monoisotopic (exact) mass is 366 g/mol. The number of carbonyl (C=O) groups is 1. The highest BCUT2D eigenvalue weighted by Crippen LogP contribution is 2.33. The summed E-state index contributed by atoms with van der Waals surface area (Å²) >= 11 is 0. The van der Waals surface area contributed by atoms with Crippen LogP contribution in [-0.2, 0) is 14.8 Å². The van der Waals surface area contributed by atoms with Crippen LogP contribution in [0.2, 0.25) is 0 Å². The van der Waals surface area contributed by atoms with Crippen molar-refractivity contribution in [3.8, 4) is 0 Å². The smallest absolute Gasteiger partial charge is 0.409 e. The number of piperazine rings is 1. The highest BCUT2D eigenvalue weighted by molar-refractivity contribution is 7.89. The van der Waals surface area contributed by atoms with Crippen molar-refractivity contribution in [2.45, 2.75) is 42.9 Å². The number of amides is 1. The molecule has 138 valence electrons. The fourth-order valence-electron chi connectivity index (χ4n) is 3.74. The lowest BCUT2D eigenvalue weighted by Crippen LogP contribution is -2.50. The molecule has 0 N–H and O–H groups in total. The van der Waals surface area contributed by atoms with Crippen LogP contribution in [0.1, 0.15) is 43.6 Å². The number of rotatable bonds is 3. The zero-order valence-corrected chi connectivity index (χ0v) is 15.5. The SMILES string of the molecule is COC(=O)N1CCN(S(=O)(=O)c2ccc(C3CCCCC3)cc2)CC1. The summed E-state index contributed by atoms with van der Waals surface area (Å²) in [6.45, 7) is 1.29. The normalized spacial score (nSPS) is 20.4. The minimum atomic E-state index is -3.51.